The molecule has 3 heterocycles. The molecule has 4 aromatic rings. The van der Waals surface area contributed by atoms with Crippen molar-refractivity contribution < 1.29 is 14.3 Å². The molecule has 36 heavy (non-hydrogen) atoms. The van der Waals surface area contributed by atoms with Crippen LogP contribution in [0.4, 0.5) is 0 Å². The third-order valence-corrected chi connectivity index (χ3v) is 8.59. The lowest BCUT2D eigenvalue weighted by Gasteiger charge is -2.35. The first-order valence-electron chi connectivity index (χ1n) is 11.8. The summed E-state index contributed by atoms with van der Waals surface area (Å²) in [5, 5.41) is 1.00. The molecule has 0 spiro atoms. The number of nitrogens with zero attached hydrogens (tertiary/aromatic N) is 1. The van der Waals surface area contributed by atoms with E-state index in [0.29, 0.717) is 15.6 Å². The lowest BCUT2D eigenvalue weighted by atomic mass is 9.71. The molecule has 6 heteroatoms. The van der Waals surface area contributed by atoms with Gasteiger partial charge in [-0.05, 0) is 23.3 Å². The predicted octanol–water partition coefficient (Wildman–Crippen LogP) is 6.45. The van der Waals surface area contributed by atoms with Gasteiger partial charge in [0.2, 0.25) is 0 Å². The van der Waals surface area contributed by atoms with Crippen molar-refractivity contribution in [1.29, 1.82) is 0 Å². The van der Waals surface area contributed by atoms with Gasteiger partial charge in [0.15, 0.2) is 16.9 Å². The Morgan fingerprint density at radius 1 is 0.778 bits per heavy atom. The summed E-state index contributed by atoms with van der Waals surface area (Å²) in [6.07, 6.45) is 0. The summed E-state index contributed by atoms with van der Waals surface area (Å²) < 4.78 is 12.8. The van der Waals surface area contributed by atoms with Crippen molar-refractivity contribution in [2.75, 3.05) is 7.11 Å². The summed E-state index contributed by atoms with van der Waals surface area (Å²) in [5.41, 5.74) is 0.999. The molecule has 2 saturated heterocycles. The van der Waals surface area contributed by atoms with Crippen LogP contribution in [0.25, 0.3) is 0 Å². The summed E-state index contributed by atoms with van der Waals surface area (Å²) in [6.45, 7) is 0. The molecule has 0 aliphatic carbocycles. The van der Waals surface area contributed by atoms with Crippen molar-refractivity contribution in [2.24, 2.45) is 0 Å². The van der Waals surface area contributed by atoms with Gasteiger partial charge >= 0.3 is 5.97 Å². The van der Waals surface area contributed by atoms with Crippen LogP contribution in [0.3, 0.4) is 0 Å². The Balaban J connectivity index is 1.64. The van der Waals surface area contributed by atoms with E-state index < -0.39 is 22.9 Å². The summed E-state index contributed by atoms with van der Waals surface area (Å²) >= 11 is 13.6. The Kier molecular flexibility index (Phi) is 4.56. The molecule has 4 aromatic carbocycles. The van der Waals surface area contributed by atoms with E-state index in [-0.39, 0.29) is 5.97 Å². The molecule has 2 bridgehead atoms. The molecule has 3 aliphatic heterocycles. The molecule has 0 saturated carbocycles. The highest BCUT2D eigenvalue weighted by Gasteiger charge is 2.94. The lowest BCUT2D eigenvalue weighted by Crippen LogP contribution is -2.50. The molecule has 0 amide bonds. The molecule has 1 unspecified atom stereocenters. The third-order valence-electron chi connectivity index (χ3n) is 7.93. The highest BCUT2D eigenvalue weighted by molar-refractivity contribution is 6.36. The van der Waals surface area contributed by atoms with Gasteiger partial charge in [0, 0.05) is 26.7 Å². The number of benzene rings is 4. The number of carbonyl (C=O) groups is 1. The van der Waals surface area contributed by atoms with Gasteiger partial charge in [-0.25, -0.2) is 9.69 Å². The fourth-order valence-electron chi connectivity index (χ4n) is 6.71. The number of fused-ring (bicyclic) bond motifs is 8. The fourth-order valence-corrected chi connectivity index (χ4v) is 7.31. The van der Waals surface area contributed by atoms with Gasteiger partial charge in [-0.1, -0.05) is 114 Å². The van der Waals surface area contributed by atoms with Crippen molar-refractivity contribution in [2.45, 2.75) is 22.9 Å². The smallest absolute Gasteiger partial charge is 0.332 e. The zero-order chi connectivity index (χ0) is 24.7. The zero-order valence-corrected chi connectivity index (χ0v) is 20.8. The van der Waals surface area contributed by atoms with Gasteiger partial charge in [0.1, 0.15) is 0 Å². The van der Waals surface area contributed by atoms with E-state index in [4.69, 9.17) is 32.7 Å². The van der Waals surface area contributed by atoms with Crippen LogP contribution in [0.2, 0.25) is 10.0 Å². The van der Waals surface area contributed by atoms with Crippen LogP contribution in [-0.2, 0) is 25.6 Å². The first-order chi connectivity index (χ1) is 17.5. The molecule has 5 atom stereocenters. The van der Waals surface area contributed by atoms with Crippen molar-refractivity contribution in [3.05, 3.63) is 141 Å². The minimum Gasteiger partial charge on any atom is -0.467 e. The van der Waals surface area contributed by atoms with Crippen LogP contribution in [-0.4, -0.2) is 23.5 Å². The van der Waals surface area contributed by atoms with Gasteiger partial charge in [-0.2, -0.15) is 0 Å². The monoisotopic (exact) mass is 513 g/mol. The molecular weight excluding hydrogens is 493 g/mol. The SMILES string of the molecule is COC(=O)[C@@]12[C@@H](c3c(Cl)cccc3Cl)N1[C@]1(c3ccccc3)O[C@@]2(c2ccccc2)c2ccccc21. The standard InChI is InChI=1S/C30H21Cl2NO3/c1-35-27(34)28-26(25-23(31)17-10-18-24(25)32)33(28)30(20-13-6-3-7-14-20)22-16-9-8-15-21(22)29(28,36-30)19-11-4-2-5-12-19/h2-18,26H,1H3/t26-,28-,29+,30-,33?/m1/s1. The maximum Gasteiger partial charge on any atom is 0.332 e. The van der Waals surface area contributed by atoms with Crippen LogP contribution in [0.15, 0.2) is 103 Å². The first-order valence-corrected chi connectivity index (χ1v) is 12.5. The molecule has 3 aliphatic rings. The van der Waals surface area contributed by atoms with Crippen molar-refractivity contribution in [3.8, 4) is 0 Å². The average Bonchev–Trinajstić information content (AvgIpc) is 3.41. The third kappa shape index (κ3) is 2.32. The molecular formula is C30H21Cl2NO3. The Morgan fingerprint density at radius 3 is 1.94 bits per heavy atom. The van der Waals surface area contributed by atoms with Crippen LogP contribution in [0.5, 0.6) is 0 Å². The van der Waals surface area contributed by atoms with E-state index in [9.17, 15) is 4.79 Å². The normalized spacial score (nSPS) is 31.0. The van der Waals surface area contributed by atoms with Gasteiger partial charge < -0.3 is 9.47 Å². The summed E-state index contributed by atoms with van der Waals surface area (Å²) in [5.74, 6) is -0.389. The van der Waals surface area contributed by atoms with E-state index in [1.54, 1.807) is 0 Å². The van der Waals surface area contributed by atoms with Crippen LogP contribution < -0.4 is 0 Å². The Labute approximate surface area is 219 Å². The summed E-state index contributed by atoms with van der Waals surface area (Å²) in [4.78, 5) is 16.2. The second kappa shape index (κ2) is 7.44. The van der Waals surface area contributed by atoms with E-state index in [1.807, 2.05) is 91.0 Å². The fraction of sp³-hybridized carbons (Fsp3) is 0.167. The molecule has 0 N–H and O–H groups in total. The van der Waals surface area contributed by atoms with E-state index in [0.717, 1.165) is 22.3 Å². The first kappa shape index (κ1) is 22.1. The molecule has 7 rings (SSSR count). The topological polar surface area (TPSA) is 38.5 Å². The van der Waals surface area contributed by atoms with E-state index >= 15 is 0 Å². The van der Waals surface area contributed by atoms with Gasteiger partial charge in [0.05, 0.1) is 13.2 Å². The number of halogens is 2. The quantitative estimate of drug-likeness (QED) is 0.232. The number of hydrogen-bond acceptors (Lipinski definition) is 4. The second-order valence-electron chi connectivity index (χ2n) is 9.37. The minimum absolute atomic E-state index is 0.389. The largest absolute Gasteiger partial charge is 0.467 e. The number of esters is 1. The van der Waals surface area contributed by atoms with Crippen LogP contribution >= 0.6 is 23.2 Å². The van der Waals surface area contributed by atoms with Gasteiger partial charge in [0.25, 0.3) is 0 Å². The molecule has 0 aromatic heterocycles. The van der Waals surface area contributed by atoms with E-state index in [2.05, 4.69) is 17.0 Å². The molecule has 0 radical (unpaired) electrons. The van der Waals surface area contributed by atoms with Crippen LogP contribution in [0, 0.1) is 0 Å². The van der Waals surface area contributed by atoms with Gasteiger partial charge in [-0.15, -0.1) is 0 Å². The van der Waals surface area contributed by atoms with Gasteiger partial charge in [-0.3, -0.25) is 0 Å². The Hall–Kier alpha value is -3.15. The minimum atomic E-state index is -1.22. The van der Waals surface area contributed by atoms with Crippen LogP contribution in [0.1, 0.15) is 33.9 Å². The van der Waals surface area contributed by atoms with Crippen molar-refractivity contribution in [3.63, 3.8) is 0 Å². The van der Waals surface area contributed by atoms with Crippen molar-refractivity contribution >= 4 is 29.2 Å². The number of ether oxygens (including phenoxy) is 2. The number of carbonyl (C=O) groups excluding carboxylic acids is 1. The highest BCUT2D eigenvalue weighted by atomic mass is 35.5. The highest BCUT2D eigenvalue weighted by Crippen LogP contribution is 2.82. The number of methoxy groups -OCH3 is 1. The maximum absolute atomic E-state index is 14.1. The number of hydrogen-bond donors (Lipinski definition) is 0. The summed E-state index contributed by atoms with van der Waals surface area (Å²) in [7, 11) is 1.42. The maximum atomic E-state index is 14.1. The zero-order valence-electron chi connectivity index (χ0n) is 19.3. The second-order valence-corrected chi connectivity index (χ2v) is 10.2. The molecule has 178 valence electrons. The molecule has 4 nitrogen and oxygen atoms in total. The average molecular weight is 514 g/mol. The Bertz CT molecular complexity index is 1510. The molecule has 2 fully saturated rings. The lowest BCUT2D eigenvalue weighted by molar-refractivity contribution is -0.151. The number of rotatable bonds is 4. The summed E-state index contributed by atoms with van der Waals surface area (Å²) in [6, 6.07) is 33.0. The predicted molar refractivity (Wildman–Crippen MR) is 138 cm³/mol. The van der Waals surface area contributed by atoms with Crippen molar-refractivity contribution in [1.82, 2.24) is 4.90 Å². The van der Waals surface area contributed by atoms with E-state index in [1.165, 1.54) is 7.11 Å². The Morgan fingerprint density at radius 2 is 1.33 bits per heavy atom.